The van der Waals surface area contributed by atoms with E-state index in [4.69, 9.17) is 0 Å². The van der Waals surface area contributed by atoms with E-state index in [0.717, 1.165) is 33.5 Å². The summed E-state index contributed by atoms with van der Waals surface area (Å²) in [6, 6.07) is 18.0. The summed E-state index contributed by atoms with van der Waals surface area (Å²) in [5.41, 5.74) is 6.33. The van der Waals surface area contributed by atoms with Gasteiger partial charge in [0, 0.05) is 11.3 Å². The van der Waals surface area contributed by atoms with E-state index in [1.54, 1.807) is 0 Å². The van der Waals surface area contributed by atoms with Crippen LogP contribution in [0.1, 0.15) is 22.3 Å². The average Bonchev–Trinajstić information content (AvgIpc) is 2.57. The Labute approximate surface area is 141 Å². The molecule has 0 radical (unpaired) electrons. The van der Waals surface area contributed by atoms with Crippen molar-refractivity contribution >= 4 is 0 Å². The fraction of sp³-hybridized carbons (Fsp3) is 0.143. The number of H-pyrrole nitrogens is 1. The number of aromatic nitrogens is 1. The van der Waals surface area contributed by atoms with Crippen LogP contribution in [0.3, 0.4) is 0 Å². The third-order valence-corrected chi connectivity index (χ3v) is 4.19. The van der Waals surface area contributed by atoms with Gasteiger partial charge in [0.1, 0.15) is 11.6 Å². The summed E-state index contributed by atoms with van der Waals surface area (Å²) >= 11 is 0. The van der Waals surface area contributed by atoms with Gasteiger partial charge in [-0.05, 0) is 43.5 Å². The predicted octanol–water partition coefficient (Wildman–Crippen LogP) is 4.51. The zero-order chi connectivity index (χ0) is 17.3. The minimum Gasteiger partial charge on any atom is -0.321 e. The van der Waals surface area contributed by atoms with Gasteiger partial charge in [-0.2, -0.15) is 5.26 Å². The Morgan fingerprint density at radius 1 is 0.875 bits per heavy atom. The van der Waals surface area contributed by atoms with Crippen LogP contribution in [0.2, 0.25) is 0 Å². The average molecular weight is 314 g/mol. The van der Waals surface area contributed by atoms with Gasteiger partial charge >= 0.3 is 0 Å². The van der Waals surface area contributed by atoms with Crippen molar-refractivity contribution in [1.29, 1.82) is 5.26 Å². The van der Waals surface area contributed by atoms with E-state index in [2.05, 4.69) is 11.1 Å². The smallest absolute Gasteiger partial charge is 0.266 e. The molecular formula is C21H18N2O. The molecule has 3 heteroatoms. The van der Waals surface area contributed by atoms with Crippen LogP contribution < -0.4 is 5.56 Å². The normalized spacial score (nSPS) is 10.4. The summed E-state index contributed by atoms with van der Waals surface area (Å²) < 4.78 is 0. The molecule has 0 aliphatic heterocycles. The number of nitrogens with one attached hydrogen (secondary N) is 1. The second kappa shape index (κ2) is 6.17. The lowest BCUT2D eigenvalue weighted by Crippen LogP contribution is -2.13. The summed E-state index contributed by atoms with van der Waals surface area (Å²) in [5, 5.41) is 9.45. The third kappa shape index (κ3) is 2.87. The zero-order valence-electron chi connectivity index (χ0n) is 14.0. The largest absolute Gasteiger partial charge is 0.321 e. The zero-order valence-corrected chi connectivity index (χ0v) is 14.0. The van der Waals surface area contributed by atoms with E-state index < -0.39 is 0 Å². The Balaban J connectivity index is 2.29. The molecule has 0 aliphatic rings. The van der Waals surface area contributed by atoms with Gasteiger partial charge in [-0.15, -0.1) is 0 Å². The Hall–Kier alpha value is -3.12. The van der Waals surface area contributed by atoms with Gasteiger partial charge in [-0.1, -0.05) is 53.6 Å². The molecule has 3 nitrogen and oxygen atoms in total. The van der Waals surface area contributed by atoms with Crippen LogP contribution in [-0.4, -0.2) is 4.98 Å². The molecule has 0 bridgehead atoms. The summed E-state index contributed by atoms with van der Waals surface area (Å²) in [4.78, 5) is 15.3. The molecule has 0 spiro atoms. The highest BCUT2D eigenvalue weighted by Gasteiger charge is 2.14. The number of rotatable bonds is 2. The molecule has 0 unspecified atom stereocenters. The monoisotopic (exact) mass is 314 g/mol. The molecule has 2 aromatic carbocycles. The van der Waals surface area contributed by atoms with E-state index in [9.17, 15) is 10.1 Å². The van der Waals surface area contributed by atoms with E-state index in [-0.39, 0.29) is 11.1 Å². The van der Waals surface area contributed by atoms with Crippen molar-refractivity contribution in [2.24, 2.45) is 0 Å². The van der Waals surface area contributed by atoms with Crippen molar-refractivity contribution in [1.82, 2.24) is 4.98 Å². The molecule has 1 heterocycles. The molecule has 0 saturated carbocycles. The van der Waals surface area contributed by atoms with Crippen LogP contribution in [0.15, 0.2) is 53.3 Å². The number of hydrogen-bond acceptors (Lipinski definition) is 2. The highest BCUT2D eigenvalue weighted by molar-refractivity contribution is 5.77. The Kier molecular flexibility index (Phi) is 4.05. The maximum Gasteiger partial charge on any atom is 0.266 e. The molecule has 1 aromatic heterocycles. The Bertz CT molecular complexity index is 1010. The molecule has 3 rings (SSSR count). The Morgan fingerprint density at radius 3 is 2.21 bits per heavy atom. The topological polar surface area (TPSA) is 56.6 Å². The molecule has 0 amide bonds. The molecule has 3 aromatic rings. The van der Waals surface area contributed by atoms with Crippen molar-refractivity contribution in [2.45, 2.75) is 20.8 Å². The summed E-state index contributed by atoms with van der Waals surface area (Å²) in [5.74, 6) is 0. The molecular weight excluding hydrogens is 296 g/mol. The maximum absolute atomic E-state index is 12.4. The number of pyridine rings is 1. The first-order valence-corrected chi connectivity index (χ1v) is 7.81. The fourth-order valence-electron chi connectivity index (χ4n) is 2.80. The Morgan fingerprint density at radius 2 is 1.54 bits per heavy atom. The number of nitrogens with zero attached hydrogens (tertiary/aromatic N) is 1. The lowest BCUT2D eigenvalue weighted by Gasteiger charge is -2.11. The van der Waals surface area contributed by atoms with E-state index in [0.29, 0.717) is 5.56 Å². The number of aromatic amines is 1. The molecule has 0 saturated heterocycles. The first-order valence-electron chi connectivity index (χ1n) is 7.81. The van der Waals surface area contributed by atoms with Crippen molar-refractivity contribution in [3.63, 3.8) is 0 Å². The predicted molar refractivity (Wildman–Crippen MR) is 96.9 cm³/mol. The van der Waals surface area contributed by atoms with Crippen LogP contribution in [0.5, 0.6) is 0 Å². The van der Waals surface area contributed by atoms with Crippen molar-refractivity contribution in [3.05, 3.63) is 81.1 Å². The van der Waals surface area contributed by atoms with Crippen LogP contribution in [0, 0.1) is 32.1 Å². The summed E-state index contributed by atoms with van der Waals surface area (Å²) in [7, 11) is 0. The number of aryl methyl sites for hydroxylation is 3. The van der Waals surface area contributed by atoms with Gasteiger partial charge in [0.25, 0.3) is 5.56 Å². The third-order valence-electron chi connectivity index (χ3n) is 4.19. The molecule has 24 heavy (non-hydrogen) atoms. The highest BCUT2D eigenvalue weighted by Crippen LogP contribution is 2.29. The number of hydrogen-bond donors (Lipinski definition) is 1. The molecule has 1 N–H and O–H groups in total. The van der Waals surface area contributed by atoms with E-state index in [1.165, 1.54) is 0 Å². The summed E-state index contributed by atoms with van der Waals surface area (Å²) in [6.45, 7) is 6.01. The van der Waals surface area contributed by atoms with Gasteiger partial charge in [-0.3, -0.25) is 4.79 Å². The first-order chi connectivity index (χ1) is 11.5. The van der Waals surface area contributed by atoms with Crippen LogP contribution in [0.4, 0.5) is 0 Å². The van der Waals surface area contributed by atoms with Crippen LogP contribution >= 0.6 is 0 Å². The van der Waals surface area contributed by atoms with Crippen molar-refractivity contribution in [2.75, 3.05) is 0 Å². The lowest BCUT2D eigenvalue weighted by atomic mass is 9.94. The van der Waals surface area contributed by atoms with Crippen molar-refractivity contribution in [3.8, 4) is 28.5 Å². The van der Waals surface area contributed by atoms with E-state index >= 15 is 0 Å². The molecule has 118 valence electrons. The standard InChI is InChI=1S/C21H18N2O/c1-13-5-8-16(9-6-13)20-11-18(19(12-22)21(24)23-20)17-10-14(2)4-7-15(17)3/h4-11H,1-3H3,(H,23,24). The van der Waals surface area contributed by atoms with E-state index in [1.807, 2.05) is 69.3 Å². The number of benzene rings is 2. The van der Waals surface area contributed by atoms with Gasteiger partial charge in [-0.25, -0.2) is 0 Å². The minimum atomic E-state index is -0.355. The first kappa shape index (κ1) is 15.8. The van der Waals surface area contributed by atoms with Gasteiger partial charge in [0.05, 0.1) is 0 Å². The highest BCUT2D eigenvalue weighted by atomic mass is 16.1. The summed E-state index contributed by atoms with van der Waals surface area (Å²) in [6.07, 6.45) is 0. The molecule has 0 fully saturated rings. The van der Waals surface area contributed by atoms with Gasteiger partial charge in [0.15, 0.2) is 0 Å². The second-order valence-corrected chi connectivity index (χ2v) is 6.10. The number of nitriles is 1. The lowest BCUT2D eigenvalue weighted by molar-refractivity contribution is 1.21. The SMILES string of the molecule is Cc1ccc(-c2cc(-c3cc(C)ccc3C)c(C#N)c(=O)[nH]2)cc1. The van der Waals surface area contributed by atoms with Gasteiger partial charge in [0.2, 0.25) is 0 Å². The second-order valence-electron chi connectivity index (χ2n) is 6.10. The fourth-order valence-corrected chi connectivity index (χ4v) is 2.80. The molecule has 0 atom stereocenters. The molecule has 0 aliphatic carbocycles. The van der Waals surface area contributed by atoms with Crippen molar-refractivity contribution < 1.29 is 0 Å². The van der Waals surface area contributed by atoms with Gasteiger partial charge < -0.3 is 4.98 Å². The quantitative estimate of drug-likeness (QED) is 0.757. The maximum atomic E-state index is 12.4. The minimum absolute atomic E-state index is 0.152. The van der Waals surface area contributed by atoms with Crippen LogP contribution in [0.25, 0.3) is 22.4 Å². The van der Waals surface area contributed by atoms with Crippen LogP contribution in [-0.2, 0) is 0 Å².